The number of nitrogens with zero attached hydrogens (tertiary/aromatic N) is 2. The Morgan fingerprint density at radius 2 is 2.07 bits per heavy atom. The molecule has 7 heteroatoms. The molecule has 1 aromatic heterocycles. The number of rotatable bonds is 6. The first kappa shape index (κ1) is 19.5. The minimum absolute atomic E-state index is 0.0234. The Hall–Kier alpha value is -3.22. The molecular weight excluding hydrogens is 356 g/mol. The molecule has 3 rings (SSSR count). The van der Waals surface area contributed by atoms with Crippen molar-refractivity contribution in [2.24, 2.45) is 5.92 Å². The van der Waals surface area contributed by atoms with Crippen LogP contribution in [-0.2, 0) is 16.1 Å². The summed E-state index contributed by atoms with van der Waals surface area (Å²) >= 11 is 0. The van der Waals surface area contributed by atoms with E-state index in [1.807, 2.05) is 32.0 Å². The molecule has 1 saturated heterocycles. The Kier molecular flexibility index (Phi) is 6.03. The van der Waals surface area contributed by atoms with E-state index in [2.05, 4.69) is 15.6 Å². The van der Waals surface area contributed by atoms with Gasteiger partial charge < -0.3 is 15.5 Å². The van der Waals surface area contributed by atoms with Crippen molar-refractivity contribution in [1.82, 2.24) is 15.2 Å². The molecule has 1 aromatic carbocycles. The lowest BCUT2D eigenvalue weighted by Crippen LogP contribution is -2.35. The molecule has 1 fully saturated rings. The molecule has 1 aliphatic rings. The van der Waals surface area contributed by atoms with Crippen LogP contribution in [0.1, 0.15) is 36.2 Å². The topological polar surface area (TPSA) is 91.4 Å². The lowest BCUT2D eigenvalue weighted by molar-refractivity contribution is -0.130. The Balaban J connectivity index is 1.56. The van der Waals surface area contributed by atoms with Crippen LogP contribution in [0.3, 0.4) is 0 Å². The van der Waals surface area contributed by atoms with Crippen LogP contribution in [-0.4, -0.2) is 40.2 Å². The fraction of sp³-hybridized carbons (Fsp3) is 0.333. The second kappa shape index (κ2) is 8.65. The van der Waals surface area contributed by atoms with Crippen molar-refractivity contribution in [3.63, 3.8) is 0 Å². The molecule has 2 heterocycles. The quantitative estimate of drug-likeness (QED) is 0.804. The summed E-state index contributed by atoms with van der Waals surface area (Å²) in [6.07, 6.45) is 3.37. The van der Waals surface area contributed by atoms with E-state index in [4.69, 9.17) is 0 Å². The summed E-state index contributed by atoms with van der Waals surface area (Å²) in [6.45, 7) is 4.69. The van der Waals surface area contributed by atoms with Crippen LogP contribution in [0, 0.1) is 5.92 Å². The Morgan fingerprint density at radius 1 is 1.25 bits per heavy atom. The van der Waals surface area contributed by atoms with Gasteiger partial charge in [-0.05, 0) is 43.7 Å². The number of likely N-dealkylation sites (tertiary alicyclic amines) is 1. The van der Waals surface area contributed by atoms with E-state index in [0.29, 0.717) is 24.3 Å². The number of amides is 3. The summed E-state index contributed by atoms with van der Waals surface area (Å²) < 4.78 is 0. The average molecular weight is 380 g/mol. The number of hydrogen-bond donors (Lipinski definition) is 2. The zero-order valence-electron chi connectivity index (χ0n) is 16.0. The van der Waals surface area contributed by atoms with Crippen LogP contribution in [0.5, 0.6) is 0 Å². The van der Waals surface area contributed by atoms with Crippen molar-refractivity contribution in [2.75, 3.05) is 11.9 Å². The number of benzene rings is 1. The molecule has 1 aliphatic heterocycles. The van der Waals surface area contributed by atoms with Gasteiger partial charge in [0.25, 0.3) is 5.91 Å². The molecule has 0 radical (unpaired) electrons. The molecular formula is C21H24N4O3. The van der Waals surface area contributed by atoms with Crippen molar-refractivity contribution in [2.45, 2.75) is 32.9 Å². The summed E-state index contributed by atoms with van der Waals surface area (Å²) in [6, 6.07) is 10.8. The third-order valence-corrected chi connectivity index (χ3v) is 4.73. The summed E-state index contributed by atoms with van der Waals surface area (Å²) in [5.41, 5.74) is 1.98. The normalized spacial score (nSPS) is 16.3. The van der Waals surface area contributed by atoms with Gasteiger partial charge in [-0.1, -0.05) is 12.1 Å². The van der Waals surface area contributed by atoms with E-state index in [-0.39, 0.29) is 36.1 Å². The largest absolute Gasteiger partial charge is 0.352 e. The van der Waals surface area contributed by atoms with Gasteiger partial charge >= 0.3 is 0 Å². The van der Waals surface area contributed by atoms with Gasteiger partial charge in [-0.3, -0.25) is 19.4 Å². The lowest BCUT2D eigenvalue weighted by Gasteiger charge is -2.20. The number of hydrogen-bond acceptors (Lipinski definition) is 4. The maximum Gasteiger partial charge on any atom is 0.257 e. The SMILES string of the molecule is CC(C)N1CC(C(=O)NCc2cccc(NC(=O)c3cccnc3)c2)CC1=O. The standard InChI is InChI=1S/C21H24N4O3/c1-14(2)25-13-17(10-19(25)26)20(27)23-11-15-5-3-7-18(9-15)24-21(28)16-6-4-8-22-12-16/h3-9,12,14,17H,10-11,13H2,1-2H3,(H,23,27)(H,24,28). The first-order valence-corrected chi connectivity index (χ1v) is 9.31. The summed E-state index contributed by atoms with van der Waals surface area (Å²) in [5, 5.41) is 5.72. The minimum atomic E-state index is -0.316. The van der Waals surface area contributed by atoms with Gasteiger partial charge in [-0.25, -0.2) is 0 Å². The fourth-order valence-corrected chi connectivity index (χ4v) is 3.20. The van der Waals surface area contributed by atoms with E-state index < -0.39 is 0 Å². The van der Waals surface area contributed by atoms with Gasteiger partial charge in [0.2, 0.25) is 11.8 Å². The number of carbonyl (C=O) groups excluding carboxylic acids is 3. The summed E-state index contributed by atoms with van der Waals surface area (Å²) in [7, 11) is 0. The second-order valence-electron chi connectivity index (χ2n) is 7.15. The third-order valence-electron chi connectivity index (χ3n) is 4.73. The fourth-order valence-electron chi connectivity index (χ4n) is 3.20. The Bertz CT molecular complexity index is 867. The van der Waals surface area contributed by atoms with Crippen molar-refractivity contribution in [3.8, 4) is 0 Å². The molecule has 0 saturated carbocycles. The van der Waals surface area contributed by atoms with E-state index in [0.717, 1.165) is 5.56 Å². The van der Waals surface area contributed by atoms with Crippen molar-refractivity contribution in [1.29, 1.82) is 0 Å². The molecule has 0 aliphatic carbocycles. The van der Waals surface area contributed by atoms with Crippen molar-refractivity contribution >= 4 is 23.4 Å². The van der Waals surface area contributed by atoms with E-state index in [1.165, 1.54) is 6.20 Å². The number of anilines is 1. The smallest absolute Gasteiger partial charge is 0.257 e. The van der Waals surface area contributed by atoms with Gasteiger partial charge in [0, 0.05) is 43.6 Å². The maximum absolute atomic E-state index is 12.4. The number of nitrogens with one attached hydrogen (secondary N) is 2. The molecule has 0 spiro atoms. The van der Waals surface area contributed by atoms with Crippen LogP contribution in [0.2, 0.25) is 0 Å². The van der Waals surface area contributed by atoms with Crippen LogP contribution < -0.4 is 10.6 Å². The minimum Gasteiger partial charge on any atom is -0.352 e. The third kappa shape index (κ3) is 4.73. The van der Waals surface area contributed by atoms with Crippen LogP contribution >= 0.6 is 0 Å². The highest BCUT2D eigenvalue weighted by Crippen LogP contribution is 2.20. The van der Waals surface area contributed by atoms with Gasteiger partial charge in [0.1, 0.15) is 0 Å². The zero-order chi connectivity index (χ0) is 20.1. The monoisotopic (exact) mass is 380 g/mol. The van der Waals surface area contributed by atoms with Crippen molar-refractivity contribution in [3.05, 3.63) is 59.9 Å². The predicted octanol–water partition coefficient (Wildman–Crippen LogP) is 2.21. The molecule has 2 aromatic rings. The van der Waals surface area contributed by atoms with Crippen LogP contribution in [0.4, 0.5) is 5.69 Å². The highest BCUT2D eigenvalue weighted by atomic mass is 16.2. The van der Waals surface area contributed by atoms with Gasteiger partial charge in [-0.15, -0.1) is 0 Å². The predicted molar refractivity (Wildman–Crippen MR) is 105 cm³/mol. The number of pyridine rings is 1. The average Bonchev–Trinajstić information content (AvgIpc) is 3.09. The molecule has 146 valence electrons. The van der Waals surface area contributed by atoms with Gasteiger partial charge in [-0.2, -0.15) is 0 Å². The molecule has 2 N–H and O–H groups in total. The Labute approximate surface area is 164 Å². The molecule has 7 nitrogen and oxygen atoms in total. The highest BCUT2D eigenvalue weighted by Gasteiger charge is 2.35. The van der Waals surface area contributed by atoms with Crippen molar-refractivity contribution < 1.29 is 14.4 Å². The molecule has 3 amide bonds. The zero-order valence-corrected chi connectivity index (χ0v) is 16.0. The first-order chi connectivity index (χ1) is 13.4. The second-order valence-corrected chi connectivity index (χ2v) is 7.15. The molecule has 1 atom stereocenters. The lowest BCUT2D eigenvalue weighted by atomic mass is 10.1. The van der Waals surface area contributed by atoms with Crippen LogP contribution in [0.25, 0.3) is 0 Å². The first-order valence-electron chi connectivity index (χ1n) is 9.31. The van der Waals surface area contributed by atoms with E-state index in [9.17, 15) is 14.4 Å². The molecule has 28 heavy (non-hydrogen) atoms. The van der Waals surface area contributed by atoms with E-state index >= 15 is 0 Å². The Morgan fingerprint density at radius 3 is 2.75 bits per heavy atom. The number of aromatic nitrogens is 1. The maximum atomic E-state index is 12.4. The highest BCUT2D eigenvalue weighted by molar-refractivity contribution is 6.04. The number of carbonyl (C=O) groups is 3. The summed E-state index contributed by atoms with van der Waals surface area (Å²) in [4.78, 5) is 42.3. The summed E-state index contributed by atoms with van der Waals surface area (Å²) in [5.74, 6) is -0.660. The molecule has 1 unspecified atom stereocenters. The molecule has 0 bridgehead atoms. The van der Waals surface area contributed by atoms with Gasteiger partial charge in [0.05, 0.1) is 11.5 Å². The van der Waals surface area contributed by atoms with Crippen LogP contribution in [0.15, 0.2) is 48.8 Å². The van der Waals surface area contributed by atoms with Gasteiger partial charge in [0.15, 0.2) is 0 Å². The van der Waals surface area contributed by atoms with E-state index in [1.54, 1.807) is 29.3 Å².